The van der Waals surface area contributed by atoms with Crippen LogP contribution in [-0.4, -0.2) is 23.8 Å². The van der Waals surface area contributed by atoms with Crippen LogP contribution in [0.3, 0.4) is 0 Å². The Bertz CT molecular complexity index is 192. The fraction of sp³-hybridized carbons (Fsp3) is 0.667. The smallest absolute Gasteiger partial charge is 0.106 e. The molecule has 0 saturated heterocycles. The minimum absolute atomic E-state index is 0.351. The molecule has 0 amide bonds. The number of amidine groups is 1. The molecule has 0 radical (unpaired) electrons. The molecule has 2 heteroatoms. The molecule has 2 nitrogen and oxygen atoms in total. The molecule has 62 valence electrons. The SMILES string of the molecule is CC1C=CN(C)C(C(C)C)=N1. The number of aliphatic imine (C=N–C) groups is 1. The van der Waals surface area contributed by atoms with Gasteiger partial charge in [-0.1, -0.05) is 13.8 Å². The Labute approximate surface area is 68.6 Å². The predicted octanol–water partition coefficient (Wildman–Crippen LogP) is 1.89. The zero-order chi connectivity index (χ0) is 8.43. The quantitative estimate of drug-likeness (QED) is 0.560. The third-order valence-electron chi connectivity index (χ3n) is 1.80. The van der Waals surface area contributed by atoms with E-state index in [1.807, 2.05) is 7.05 Å². The number of hydrogen-bond acceptors (Lipinski definition) is 2. The molecule has 1 rings (SSSR count). The van der Waals surface area contributed by atoms with Crippen molar-refractivity contribution in [3.63, 3.8) is 0 Å². The van der Waals surface area contributed by atoms with Gasteiger partial charge >= 0.3 is 0 Å². The number of nitrogens with zero attached hydrogens (tertiary/aromatic N) is 2. The van der Waals surface area contributed by atoms with Gasteiger partial charge in [-0.05, 0) is 13.0 Å². The van der Waals surface area contributed by atoms with Crippen molar-refractivity contribution in [1.82, 2.24) is 4.90 Å². The molecule has 1 aliphatic heterocycles. The van der Waals surface area contributed by atoms with Gasteiger partial charge in [0.05, 0.1) is 6.04 Å². The summed E-state index contributed by atoms with van der Waals surface area (Å²) in [6, 6.07) is 0.351. The molecule has 0 aromatic carbocycles. The van der Waals surface area contributed by atoms with Crippen LogP contribution in [0.5, 0.6) is 0 Å². The maximum absolute atomic E-state index is 4.52. The van der Waals surface area contributed by atoms with E-state index in [1.165, 1.54) is 5.84 Å². The van der Waals surface area contributed by atoms with E-state index >= 15 is 0 Å². The molecular weight excluding hydrogens is 136 g/mol. The summed E-state index contributed by atoms with van der Waals surface area (Å²) in [5, 5.41) is 0. The van der Waals surface area contributed by atoms with Crippen molar-refractivity contribution in [3.05, 3.63) is 12.3 Å². The number of rotatable bonds is 1. The molecule has 0 N–H and O–H groups in total. The topological polar surface area (TPSA) is 15.6 Å². The first-order valence-corrected chi connectivity index (χ1v) is 4.10. The van der Waals surface area contributed by atoms with Crippen LogP contribution in [0.1, 0.15) is 20.8 Å². The fourth-order valence-corrected chi connectivity index (χ4v) is 1.23. The fourth-order valence-electron chi connectivity index (χ4n) is 1.23. The van der Waals surface area contributed by atoms with Gasteiger partial charge in [0.1, 0.15) is 5.84 Å². The van der Waals surface area contributed by atoms with Crippen LogP contribution < -0.4 is 0 Å². The van der Waals surface area contributed by atoms with Crippen molar-refractivity contribution in [2.24, 2.45) is 10.9 Å². The summed E-state index contributed by atoms with van der Waals surface area (Å²) >= 11 is 0. The Morgan fingerprint density at radius 3 is 2.64 bits per heavy atom. The Morgan fingerprint density at radius 2 is 2.18 bits per heavy atom. The summed E-state index contributed by atoms with van der Waals surface area (Å²) < 4.78 is 0. The highest BCUT2D eigenvalue weighted by Gasteiger charge is 2.13. The van der Waals surface area contributed by atoms with E-state index in [4.69, 9.17) is 0 Å². The van der Waals surface area contributed by atoms with Crippen molar-refractivity contribution in [3.8, 4) is 0 Å². The van der Waals surface area contributed by atoms with Crippen LogP contribution in [-0.2, 0) is 0 Å². The van der Waals surface area contributed by atoms with E-state index in [0.29, 0.717) is 12.0 Å². The van der Waals surface area contributed by atoms with Crippen LogP contribution in [0.2, 0.25) is 0 Å². The van der Waals surface area contributed by atoms with Crippen molar-refractivity contribution in [2.45, 2.75) is 26.8 Å². The minimum Gasteiger partial charge on any atom is -0.340 e. The van der Waals surface area contributed by atoms with Gasteiger partial charge in [-0.2, -0.15) is 0 Å². The average Bonchev–Trinajstić information content (AvgIpc) is 1.94. The maximum Gasteiger partial charge on any atom is 0.106 e. The molecule has 1 atom stereocenters. The minimum atomic E-state index is 0.351. The molecule has 0 saturated carbocycles. The highest BCUT2D eigenvalue weighted by molar-refractivity contribution is 5.85. The maximum atomic E-state index is 4.52. The van der Waals surface area contributed by atoms with Gasteiger partial charge in [0.25, 0.3) is 0 Å². The molecule has 1 heterocycles. The third-order valence-corrected chi connectivity index (χ3v) is 1.80. The van der Waals surface area contributed by atoms with Crippen molar-refractivity contribution in [2.75, 3.05) is 7.05 Å². The van der Waals surface area contributed by atoms with E-state index in [2.05, 4.69) is 42.9 Å². The van der Waals surface area contributed by atoms with Crippen molar-refractivity contribution >= 4 is 5.84 Å². The lowest BCUT2D eigenvalue weighted by atomic mass is 10.1. The summed E-state index contributed by atoms with van der Waals surface area (Å²) in [6.45, 7) is 6.44. The first-order valence-electron chi connectivity index (χ1n) is 4.10. The van der Waals surface area contributed by atoms with E-state index in [1.54, 1.807) is 0 Å². The molecule has 0 fully saturated rings. The van der Waals surface area contributed by atoms with E-state index in [9.17, 15) is 0 Å². The van der Waals surface area contributed by atoms with E-state index < -0.39 is 0 Å². The lowest BCUT2D eigenvalue weighted by Gasteiger charge is -2.25. The van der Waals surface area contributed by atoms with Gasteiger partial charge in [0, 0.05) is 19.2 Å². The third kappa shape index (κ3) is 1.82. The largest absolute Gasteiger partial charge is 0.340 e. The van der Waals surface area contributed by atoms with Gasteiger partial charge in [-0.3, -0.25) is 4.99 Å². The van der Waals surface area contributed by atoms with Crippen LogP contribution >= 0.6 is 0 Å². The Morgan fingerprint density at radius 1 is 1.55 bits per heavy atom. The summed E-state index contributed by atoms with van der Waals surface area (Å²) in [5.41, 5.74) is 0. The Hall–Kier alpha value is -0.790. The molecule has 0 spiro atoms. The van der Waals surface area contributed by atoms with Crippen LogP contribution in [0.25, 0.3) is 0 Å². The average molecular weight is 152 g/mol. The lowest BCUT2D eigenvalue weighted by molar-refractivity contribution is 0.593. The molecule has 11 heavy (non-hydrogen) atoms. The van der Waals surface area contributed by atoms with E-state index in [-0.39, 0.29) is 0 Å². The zero-order valence-corrected chi connectivity index (χ0v) is 7.70. The standard InChI is InChI=1S/C9H16N2/c1-7(2)9-10-8(3)5-6-11(9)4/h5-8H,1-4H3. The first kappa shape index (κ1) is 8.31. The van der Waals surface area contributed by atoms with Crippen molar-refractivity contribution in [1.29, 1.82) is 0 Å². The number of hydrogen-bond donors (Lipinski definition) is 0. The van der Waals surface area contributed by atoms with Gasteiger partial charge in [-0.25, -0.2) is 0 Å². The summed E-state index contributed by atoms with van der Waals surface area (Å²) in [5.74, 6) is 1.70. The van der Waals surface area contributed by atoms with Gasteiger partial charge in [0.2, 0.25) is 0 Å². The van der Waals surface area contributed by atoms with E-state index in [0.717, 1.165) is 0 Å². The normalized spacial score (nSPS) is 24.3. The van der Waals surface area contributed by atoms with Gasteiger partial charge in [0.15, 0.2) is 0 Å². The second kappa shape index (κ2) is 3.07. The van der Waals surface area contributed by atoms with Crippen LogP contribution in [0.4, 0.5) is 0 Å². The molecule has 0 aromatic heterocycles. The predicted molar refractivity (Wildman–Crippen MR) is 48.6 cm³/mol. The summed E-state index contributed by atoms with van der Waals surface area (Å²) in [4.78, 5) is 6.61. The Kier molecular flexibility index (Phi) is 2.32. The van der Waals surface area contributed by atoms with Gasteiger partial charge in [-0.15, -0.1) is 0 Å². The highest BCUT2D eigenvalue weighted by Crippen LogP contribution is 2.10. The molecule has 1 unspecified atom stereocenters. The molecule has 0 aliphatic carbocycles. The monoisotopic (exact) mass is 152 g/mol. The van der Waals surface area contributed by atoms with Crippen LogP contribution in [0.15, 0.2) is 17.3 Å². The lowest BCUT2D eigenvalue weighted by Crippen LogP contribution is -2.30. The second-order valence-corrected chi connectivity index (χ2v) is 3.34. The Balaban J connectivity index is 2.76. The first-order chi connectivity index (χ1) is 5.11. The highest BCUT2D eigenvalue weighted by atomic mass is 15.2. The summed E-state index contributed by atoms with van der Waals surface area (Å²) in [6.07, 6.45) is 4.19. The van der Waals surface area contributed by atoms with Gasteiger partial charge < -0.3 is 4.90 Å². The molecule has 1 aliphatic rings. The summed E-state index contributed by atoms with van der Waals surface area (Å²) in [7, 11) is 2.04. The van der Waals surface area contributed by atoms with Crippen LogP contribution in [0, 0.1) is 5.92 Å². The molecule has 0 bridgehead atoms. The molecule has 0 aromatic rings. The second-order valence-electron chi connectivity index (χ2n) is 3.34. The zero-order valence-electron chi connectivity index (χ0n) is 7.70. The van der Waals surface area contributed by atoms with Crippen molar-refractivity contribution < 1.29 is 0 Å². The molecular formula is C9H16N2.